The predicted molar refractivity (Wildman–Crippen MR) is 90.3 cm³/mol. The molecule has 0 fully saturated rings. The second-order valence-corrected chi connectivity index (χ2v) is 7.25. The van der Waals surface area contributed by atoms with Gasteiger partial charge in [-0.3, -0.25) is 4.68 Å². The molecule has 0 aliphatic rings. The molecular formula is C18H29N3. The quantitative estimate of drug-likeness (QED) is 0.903. The maximum absolute atomic E-state index is 6.40. The summed E-state index contributed by atoms with van der Waals surface area (Å²) in [6.45, 7) is 12.2. The summed E-state index contributed by atoms with van der Waals surface area (Å²) in [7, 11) is 0. The minimum absolute atomic E-state index is 0.169. The number of benzene rings is 1. The Bertz CT molecular complexity index is 592. The lowest BCUT2D eigenvalue weighted by molar-refractivity contribution is 0.232. The molecule has 1 heterocycles. The van der Waals surface area contributed by atoms with Crippen LogP contribution in [0.2, 0.25) is 0 Å². The molecule has 3 heteroatoms. The van der Waals surface area contributed by atoms with Gasteiger partial charge in [-0.2, -0.15) is 5.10 Å². The highest BCUT2D eigenvalue weighted by atomic mass is 15.3. The van der Waals surface area contributed by atoms with Gasteiger partial charge in [-0.25, -0.2) is 0 Å². The van der Waals surface area contributed by atoms with Crippen LogP contribution in [-0.2, 0) is 13.0 Å². The van der Waals surface area contributed by atoms with E-state index in [4.69, 9.17) is 10.8 Å². The number of aromatic nitrogens is 2. The third-order valence-corrected chi connectivity index (χ3v) is 4.62. The number of rotatable bonds is 5. The summed E-state index contributed by atoms with van der Waals surface area (Å²) in [5.41, 5.74) is 9.06. The van der Waals surface area contributed by atoms with Crippen LogP contribution in [0.25, 0.3) is 10.9 Å². The summed E-state index contributed by atoms with van der Waals surface area (Å²) in [6.07, 6.45) is 1.89. The largest absolute Gasteiger partial charge is 0.327 e. The molecule has 0 saturated carbocycles. The number of para-hydroxylation sites is 1. The van der Waals surface area contributed by atoms with Gasteiger partial charge in [0.15, 0.2) is 0 Å². The van der Waals surface area contributed by atoms with E-state index in [1.807, 2.05) is 0 Å². The molecule has 0 aliphatic heterocycles. The molecule has 2 atom stereocenters. The third kappa shape index (κ3) is 3.65. The first kappa shape index (κ1) is 16.0. The third-order valence-electron chi connectivity index (χ3n) is 4.62. The van der Waals surface area contributed by atoms with Crippen molar-refractivity contribution in [3.63, 3.8) is 0 Å². The lowest BCUT2D eigenvalue weighted by Gasteiger charge is -2.29. The van der Waals surface area contributed by atoms with Crippen LogP contribution in [0.4, 0.5) is 0 Å². The van der Waals surface area contributed by atoms with Gasteiger partial charge < -0.3 is 5.73 Å². The molecule has 21 heavy (non-hydrogen) atoms. The standard InChI is InChI=1S/C18H29N3/c1-6-21-17-10-8-7-9-15(17)16(20-21)12-14(19)11-13(2)18(3,4)5/h7-10,13-14H,6,11-12,19H2,1-5H3. The number of nitrogens with two attached hydrogens (primary N) is 1. The van der Waals surface area contributed by atoms with E-state index in [1.165, 1.54) is 10.9 Å². The summed E-state index contributed by atoms with van der Waals surface area (Å²) in [4.78, 5) is 0. The summed E-state index contributed by atoms with van der Waals surface area (Å²) >= 11 is 0. The van der Waals surface area contributed by atoms with E-state index in [1.54, 1.807) is 0 Å². The van der Waals surface area contributed by atoms with Gasteiger partial charge in [0.05, 0.1) is 11.2 Å². The zero-order chi connectivity index (χ0) is 15.6. The van der Waals surface area contributed by atoms with E-state index >= 15 is 0 Å². The molecule has 1 aromatic heterocycles. The van der Waals surface area contributed by atoms with E-state index in [9.17, 15) is 0 Å². The number of hydrogen-bond acceptors (Lipinski definition) is 2. The second kappa shape index (κ2) is 6.18. The fourth-order valence-corrected chi connectivity index (χ4v) is 2.73. The smallest absolute Gasteiger partial charge is 0.0718 e. The number of hydrogen-bond donors (Lipinski definition) is 1. The molecule has 3 nitrogen and oxygen atoms in total. The average Bonchev–Trinajstić information content (AvgIpc) is 2.76. The Morgan fingerprint density at radius 3 is 2.52 bits per heavy atom. The van der Waals surface area contributed by atoms with Gasteiger partial charge in [-0.1, -0.05) is 45.9 Å². The molecule has 0 saturated heterocycles. The Balaban J connectivity index is 2.16. The second-order valence-electron chi connectivity index (χ2n) is 7.25. The van der Waals surface area contributed by atoms with Crippen molar-refractivity contribution in [2.45, 2.75) is 60.0 Å². The van der Waals surface area contributed by atoms with Gasteiger partial charge >= 0.3 is 0 Å². The zero-order valence-corrected chi connectivity index (χ0v) is 14.1. The normalized spacial score (nSPS) is 15.3. The van der Waals surface area contributed by atoms with Crippen molar-refractivity contribution in [1.29, 1.82) is 0 Å². The van der Waals surface area contributed by atoms with E-state index in [0.29, 0.717) is 11.3 Å². The van der Waals surface area contributed by atoms with Crippen molar-refractivity contribution in [2.24, 2.45) is 17.1 Å². The van der Waals surface area contributed by atoms with Crippen molar-refractivity contribution in [2.75, 3.05) is 0 Å². The first-order valence-corrected chi connectivity index (χ1v) is 8.03. The molecule has 116 valence electrons. The zero-order valence-electron chi connectivity index (χ0n) is 14.1. The molecule has 0 aliphatic carbocycles. The Morgan fingerprint density at radius 1 is 1.24 bits per heavy atom. The van der Waals surface area contributed by atoms with E-state index in [0.717, 1.165) is 25.1 Å². The number of aryl methyl sites for hydroxylation is 1. The minimum Gasteiger partial charge on any atom is -0.327 e. The van der Waals surface area contributed by atoms with Crippen LogP contribution in [0.15, 0.2) is 24.3 Å². The highest BCUT2D eigenvalue weighted by molar-refractivity contribution is 5.82. The molecule has 0 amide bonds. The highest BCUT2D eigenvalue weighted by Crippen LogP contribution is 2.29. The van der Waals surface area contributed by atoms with Gasteiger partial charge in [0.25, 0.3) is 0 Å². The maximum Gasteiger partial charge on any atom is 0.0718 e. The molecular weight excluding hydrogens is 258 g/mol. The Hall–Kier alpha value is -1.35. The topological polar surface area (TPSA) is 43.8 Å². The van der Waals surface area contributed by atoms with Crippen molar-refractivity contribution >= 4 is 10.9 Å². The van der Waals surface area contributed by atoms with Crippen LogP contribution in [-0.4, -0.2) is 15.8 Å². The average molecular weight is 287 g/mol. The fourth-order valence-electron chi connectivity index (χ4n) is 2.73. The van der Waals surface area contributed by atoms with Crippen LogP contribution in [0.5, 0.6) is 0 Å². The lowest BCUT2D eigenvalue weighted by Crippen LogP contribution is -2.30. The van der Waals surface area contributed by atoms with Gasteiger partial charge in [-0.05, 0) is 30.7 Å². The maximum atomic E-state index is 6.40. The van der Waals surface area contributed by atoms with Gasteiger partial charge in [0.2, 0.25) is 0 Å². The van der Waals surface area contributed by atoms with Crippen LogP contribution < -0.4 is 5.73 Å². The van der Waals surface area contributed by atoms with Crippen molar-refractivity contribution in [3.05, 3.63) is 30.0 Å². The van der Waals surface area contributed by atoms with Gasteiger partial charge in [0.1, 0.15) is 0 Å². The van der Waals surface area contributed by atoms with Crippen LogP contribution in [0.3, 0.4) is 0 Å². The van der Waals surface area contributed by atoms with Crippen molar-refractivity contribution in [1.82, 2.24) is 9.78 Å². The molecule has 0 spiro atoms. The number of nitrogens with zero attached hydrogens (tertiary/aromatic N) is 2. The van der Waals surface area contributed by atoms with Crippen LogP contribution >= 0.6 is 0 Å². The lowest BCUT2D eigenvalue weighted by atomic mass is 9.78. The first-order chi connectivity index (χ1) is 9.82. The molecule has 2 aromatic rings. The minimum atomic E-state index is 0.169. The summed E-state index contributed by atoms with van der Waals surface area (Å²) in [5.74, 6) is 0.604. The highest BCUT2D eigenvalue weighted by Gasteiger charge is 2.23. The van der Waals surface area contributed by atoms with Crippen LogP contribution in [0, 0.1) is 11.3 Å². The van der Waals surface area contributed by atoms with E-state index in [2.05, 4.69) is 63.6 Å². The molecule has 2 unspecified atom stereocenters. The van der Waals surface area contributed by atoms with Crippen LogP contribution in [0.1, 0.15) is 46.7 Å². The molecule has 0 radical (unpaired) electrons. The van der Waals surface area contributed by atoms with E-state index < -0.39 is 0 Å². The Morgan fingerprint density at radius 2 is 1.90 bits per heavy atom. The van der Waals surface area contributed by atoms with Crippen molar-refractivity contribution < 1.29 is 0 Å². The fraction of sp³-hybridized carbons (Fsp3) is 0.611. The molecule has 2 N–H and O–H groups in total. The SMILES string of the molecule is CCn1nc(CC(N)CC(C)C(C)(C)C)c2ccccc21. The van der Waals surface area contributed by atoms with Gasteiger partial charge in [-0.15, -0.1) is 0 Å². The van der Waals surface area contributed by atoms with E-state index in [-0.39, 0.29) is 6.04 Å². The van der Waals surface area contributed by atoms with Crippen molar-refractivity contribution in [3.8, 4) is 0 Å². The summed E-state index contributed by atoms with van der Waals surface area (Å²) in [6, 6.07) is 8.61. The molecule has 0 bridgehead atoms. The molecule has 2 rings (SSSR count). The Kier molecular flexibility index (Phi) is 4.72. The number of fused-ring (bicyclic) bond motifs is 1. The monoisotopic (exact) mass is 287 g/mol. The first-order valence-electron chi connectivity index (χ1n) is 8.03. The summed E-state index contributed by atoms with van der Waals surface area (Å²) < 4.78 is 2.07. The molecule has 1 aromatic carbocycles. The summed E-state index contributed by atoms with van der Waals surface area (Å²) in [5, 5.41) is 6.00. The Labute approximate surface area is 128 Å². The van der Waals surface area contributed by atoms with Gasteiger partial charge in [0, 0.05) is 24.4 Å². The predicted octanol–water partition coefficient (Wildman–Crippen LogP) is 4.00.